The Morgan fingerprint density at radius 3 is 1.04 bits per heavy atom. The highest BCUT2D eigenvalue weighted by Gasteiger charge is 2.26. The van der Waals surface area contributed by atoms with E-state index >= 15 is 0 Å². The average Bonchev–Trinajstić information content (AvgIpc) is 1.60. The van der Waals surface area contributed by atoms with Crippen LogP contribution < -0.4 is 0 Å². The van der Waals surface area contributed by atoms with Gasteiger partial charge in [-0.3, -0.25) is 0 Å². The summed E-state index contributed by atoms with van der Waals surface area (Å²) in [5, 5.41) is 3.62. The van der Waals surface area contributed by atoms with Crippen LogP contribution in [0.2, 0.25) is 0 Å². The topological polar surface area (TPSA) is 39.4 Å². The summed E-state index contributed by atoms with van der Waals surface area (Å²) in [6.07, 6.45) is 0. The minimum atomic E-state index is -1.14. The van der Waals surface area contributed by atoms with E-state index in [1.165, 1.54) is 0 Å². The molecule has 0 atom stereocenters. The van der Waals surface area contributed by atoms with Crippen LogP contribution in [0.5, 0.6) is 0 Å². The molecule has 3 heteroatoms. The smallest absolute Gasteiger partial charge is 0.136 e. The monoisotopic (exact) mass is 1840 g/mol. The van der Waals surface area contributed by atoms with Crippen LogP contribution >= 0.6 is 0 Å². The van der Waals surface area contributed by atoms with E-state index in [0.29, 0.717) is 55.5 Å². The Hall–Kier alpha value is -18.5. The third-order valence-electron chi connectivity index (χ3n) is 25.6. The molecular formula is C138H86O3. The van der Waals surface area contributed by atoms with Crippen LogP contribution in [0.25, 0.3) is 285 Å². The maximum Gasteiger partial charge on any atom is 0.136 e. The van der Waals surface area contributed by atoms with E-state index in [9.17, 15) is 24.7 Å². The SMILES string of the molecule is [2H]c1c([2H])c([2H])c(-c2c([2H])c([2H])c([2H])c(-c3c4c([2H])c([2H])c([2H])c([2H])c4c(-c4c([2H])c([2H])c(-c5c([2H])c([2H])c([2H])c6oc7c([2H])c8c([2H])c([2H])c([2H])c([2H])c8c([2H])c7c56)c([2H])c4[2H])c4c([2H])c([2H])c([2H])c([2H])c34)c2[2H])c([2H])c1[2H].[2H]c1c([2H])c([2H])c2c(-c3cccc(-c4cccc5oc6cc7ccccc7cc6c45)c3)c3c([2H])c([2H])c([2H])c([2H])c3c(-c3ccccc3)c2c1[2H].[2H]c1c([2H])c([2H])c2c(-c3cccc4oc5cc6ccccc6cc5c34)c3c([2H])c([2H])c([2H])c([2H])c3c(-c3ccc(-c4ccccc4)c(-c4ccccc4)c3)c2c1[2H]. The van der Waals surface area contributed by atoms with Gasteiger partial charge in [-0.2, -0.15) is 0 Å². The lowest BCUT2D eigenvalue weighted by Gasteiger charge is -2.19. The van der Waals surface area contributed by atoms with Crippen molar-refractivity contribution in [2.75, 3.05) is 0 Å². The van der Waals surface area contributed by atoms with E-state index in [0.717, 1.165) is 82.3 Å². The maximum atomic E-state index is 9.70. The molecule has 0 aliphatic carbocycles. The number of benzene rings is 26. The fourth-order valence-electron chi connectivity index (χ4n) is 19.5. The van der Waals surface area contributed by atoms with E-state index < -0.39 is 328 Å². The Bertz CT molecular complexity index is 12800. The summed E-state index contributed by atoms with van der Waals surface area (Å²) in [5.41, 5.74) is 3.60. The van der Waals surface area contributed by atoms with Crippen LogP contribution in [0.4, 0.5) is 0 Å². The van der Waals surface area contributed by atoms with Gasteiger partial charge in [0.15, 0.2) is 0 Å². The molecule has 3 aromatic heterocycles. The van der Waals surface area contributed by atoms with Gasteiger partial charge in [-0.1, -0.05) is 448 Å². The molecule has 29 rings (SSSR count). The third-order valence-corrected chi connectivity index (χ3v) is 25.6. The standard InChI is InChI=1S/2C48H30O.C42H26O/c1-3-14-31(15-4-1)36-27-26-35(29-42(36)32-16-5-2-6-17-32)46-37-20-9-11-22-39(37)47(40-23-12-10-21-38(40)46)41-24-13-25-44-48(41)43-28-33-18-7-8-19-34(33)30-45(43)49-44;1-2-12-31(13-3-1)34-16-10-17-37(28-34)47-41-20-8-6-18-39(41)46(40-19-7-9-21-42(40)47)33-26-24-32(25-27-33)38-22-11-23-44-48(38)43-29-35-14-4-5-15-36(35)30-45(43)49-44;1-2-12-27(13-3-1)40-33-18-6-8-20-35(33)41(36-21-9-7-19-34(36)40)31-17-10-16-30(24-31)32-22-11-23-38-42(32)37-25-28-14-4-5-15-29(28)26-39(37)43-38/h2*1-30H;1-26H/i9D,10D,11D,12D,20D,21D,22D,23D;1D,2D,3D,4D,5D,6D,7D,8D,9D,10D,11D,12D,13D,14D,15D,16D,17D,18D,19D,20D,21D,22D,23D,24D,25D,26D,27D,28D,29D,30D;6D,7D,8D,9D,18D,19D,20D,21D. The summed E-state index contributed by atoms with van der Waals surface area (Å²) in [6.45, 7) is 0. The minimum absolute atomic E-state index is 0.157. The first kappa shape index (κ1) is 47.8. The van der Waals surface area contributed by atoms with Crippen molar-refractivity contribution in [2.45, 2.75) is 0 Å². The Balaban J connectivity index is 0.000000134. The summed E-state index contributed by atoms with van der Waals surface area (Å²) in [6, 6.07) is 42.9. The number of fused-ring (bicyclic) bond motifs is 18. The van der Waals surface area contributed by atoms with Crippen molar-refractivity contribution in [3.05, 3.63) is 521 Å². The second kappa shape index (κ2) is 34.4. The zero-order valence-electron chi connectivity index (χ0n) is 119. The molecule has 0 amide bonds. The first-order valence-electron chi connectivity index (χ1n) is 67.7. The highest BCUT2D eigenvalue weighted by Crippen LogP contribution is 2.53. The molecule has 0 bridgehead atoms. The molecule has 0 saturated heterocycles. The highest BCUT2D eigenvalue weighted by atomic mass is 16.3. The number of furan rings is 3. The zero-order valence-corrected chi connectivity index (χ0v) is 73.3. The molecule has 0 aliphatic heterocycles. The molecule has 0 radical (unpaired) electrons. The van der Waals surface area contributed by atoms with E-state index in [1.807, 2.05) is 200 Å². The average molecular weight is 1840 g/mol. The van der Waals surface area contributed by atoms with Gasteiger partial charge in [-0.25, -0.2) is 0 Å². The van der Waals surface area contributed by atoms with Crippen LogP contribution in [-0.2, 0) is 0 Å². The van der Waals surface area contributed by atoms with E-state index in [2.05, 4.69) is 12.1 Å². The van der Waals surface area contributed by atoms with Crippen LogP contribution in [0.3, 0.4) is 0 Å². The maximum absolute atomic E-state index is 9.70. The third kappa shape index (κ3) is 14.2. The predicted octanol–water partition coefficient (Wildman–Crippen LogP) is 39.5. The minimum Gasteiger partial charge on any atom is -0.456 e. The largest absolute Gasteiger partial charge is 0.456 e. The summed E-state index contributed by atoms with van der Waals surface area (Å²) in [7, 11) is 0. The Labute approximate surface area is 878 Å². The Morgan fingerprint density at radius 2 is 0.504 bits per heavy atom. The molecule has 0 N–H and O–H groups in total. The fourth-order valence-corrected chi connectivity index (χ4v) is 19.5. The molecule has 29 aromatic rings. The molecule has 0 aliphatic rings. The molecule has 656 valence electrons. The van der Waals surface area contributed by atoms with Gasteiger partial charge >= 0.3 is 0 Å². The summed E-state index contributed by atoms with van der Waals surface area (Å²) >= 11 is 0. The van der Waals surface area contributed by atoms with Gasteiger partial charge in [-0.15, -0.1) is 0 Å². The molecule has 0 fully saturated rings. The molecule has 0 spiro atoms. The van der Waals surface area contributed by atoms with Gasteiger partial charge in [0.1, 0.15) is 33.5 Å². The molecule has 0 unspecified atom stereocenters. The zero-order chi connectivity index (χ0) is 133. The van der Waals surface area contributed by atoms with E-state index in [4.69, 9.17) is 51.6 Å². The van der Waals surface area contributed by atoms with Crippen LogP contribution in [0, 0.1) is 0 Å². The lowest BCUT2D eigenvalue weighted by molar-refractivity contribution is 0.669. The van der Waals surface area contributed by atoms with Crippen molar-refractivity contribution < 1.29 is 76.3 Å². The first-order chi connectivity index (χ1) is 89.1. The van der Waals surface area contributed by atoms with Crippen LogP contribution in [0.15, 0.2) is 534 Å². The lowest BCUT2D eigenvalue weighted by atomic mass is 9.83. The Kier molecular flexibility index (Phi) is 11.6. The fraction of sp³-hybridized carbons (Fsp3) is 0. The van der Waals surface area contributed by atoms with Crippen LogP contribution in [-0.4, -0.2) is 0 Å². The predicted molar refractivity (Wildman–Crippen MR) is 599 cm³/mol. The summed E-state index contributed by atoms with van der Waals surface area (Å²) in [5.74, 6) is 0. The van der Waals surface area contributed by atoms with Gasteiger partial charge in [0, 0.05) is 32.3 Å². The first-order valence-corrected chi connectivity index (χ1v) is 44.7. The van der Waals surface area contributed by atoms with Crippen molar-refractivity contribution in [2.24, 2.45) is 0 Å². The quantitative estimate of drug-likeness (QED) is 0.121. The van der Waals surface area contributed by atoms with Gasteiger partial charge in [0.2, 0.25) is 0 Å². The van der Waals surface area contributed by atoms with Crippen molar-refractivity contribution >= 4 is 163 Å². The second-order valence-electron chi connectivity index (χ2n) is 33.4. The van der Waals surface area contributed by atoms with Gasteiger partial charge in [-0.05, 0) is 292 Å². The Morgan fingerprint density at radius 1 is 0.135 bits per heavy atom. The second-order valence-corrected chi connectivity index (χ2v) is 33.4. The van der Waals surface area contributed by atoms with Crippen molar-refractivity contribution in [1.29, 1.82) is 0 Å². The van der Waals surface area contributed by atoms with Crippen molar-refractivity contribution in [3.8, 4) is 122 Å². The highest BCUT2D eigenvalue weighted by molar-refractivity contribution is 6.29. The normalized spacial score (nSPS) is 16.3. The molecular weight excluding hydrogens is 1710 g/mol. The molecule has 141 heavy (non-hydrogen) atoms. The van der Waals surface area contributed by atoms with Crippen LogP contribution in [0.1, 0.15) is 63.1 Å². The summed E-state index contributed by atoms with van der Waals surface area (Å²) < 4.78 is 434. The number of rotatable bonds is 11. The molecule has 3 nitrogen and oxygen atoms in total. The van der Waals surface area contributed by atoms with Crippen molar-refractivity contribution in [1.82, 2.24) is 0 Å². The molecule has 3 heterocycles. The van der Waals surface area contributed by atoms with Gasteiger partial charge in [0.25, 0.3) is 0 Å². The molecule has 26 aromatic carbocycles. The van der Waals surface area contributed by atoms with E-state index in [1.54, 1.807) is 30.3 Å². The van der Waals surface area contributed by atoms with Crippen molar-refractivity contribution in [3.63, 3.8) is 0 Å². The number of hydrogen-bond donors (Lipinski definition) is 0. The summed E-state index contributed by atoms with van der Waals surface area (Å²) in [4.78, 5) is 0. The number of hydrogen-bond acceptors (Lipinski definition) is 3. The lowest BCUT2D eigenvalue weighted by Crippen LogP contribution is -1.93. The molecule has 0 saturated carbocycles. The van der Waals surface area contributed by atoms with Gasteiger partial charge in [0.05, 0.1) is 63.1 Å². The van der Waals surface area contributed by atoms with Gasteiger partial charge < -0.3 is 13.3 Å². The van der Waals surface area contributed by atoms with E-state index in [-0.39, 0.29) is 97.0 Å².